The van der Waals surface area contributed by atoms with Gasteiger partial charge in [0.2, 0.25) is 0 Å². The van der Waals surface area contributed by atoms with Gasteiger partial charge < -0.3 is 10.2 Å². The topological polar surface area (TPSA) is 39.1 Å². The lowest BCUT2D eigenvalue weighted by Crippen LogP contribution is -2.32. The Morgan fingerprint density at radius 3 is 2.79 bits per heavy atom. The summed E-state index contributed by atoms with van der Waals surface area (Å²) in [4.78, 5) is 2.31. The van der Waals surface area contributed by atoms with Crippen molar-refractivity contribution < 1.29 is 0 Å². The zero-order valence-electron chi connectivity index (χ0n) is 13.0. The highest BCUT2D eigenvalue weighted by Gasteiger charge is 2.22. The number of halogens is 3. The highest BCUT2D eigenvalue weighted by molar-refractivity contribution is 6.35. The van der Waals surface area contributed by atoms with Crippen LogP contribution in [0.1, 0.15) is 17.5 Å². The molecule has 126 valence electrons. The minimum Gasteiger partial charge on any atom is -0.370 e. The molecule has 0 spiro atoms. The van der Waals surface area contributed by atoms with E-state index < -0.39 is 0 Å². The van der Waals surface area contributed by atoms with Crippen LogP contribution in [-0.4, -0.2) is 19.1 Å². The molecule has 0 unspecified atom stereocenters. The third kappa shape index (κ3) is 4.55. The molecule has 0 amide bonds. The third-order valence-electron chi connectivity index (χ3n) is 4.12. The fraction of sp³-hybridized carbons (Fsp3) is 0.278. The number of nitrogens with zero attached hydrogens (tertiary/aromatic N) is 2. The normalized spacial score (nSPS) is 16.5. The first-order valence-electron chi connectivity index (χ1n) is 7.58. The van der Waals surface area contributed by atoms with Gasteiger partial charge in [0, 0.05) is 41.4 Å². The lowest BCUT2D eigenvalue weighted by Gasteiger charge is -2.19. The second-order valence-corrected chi connectivity index (χ2v) is 6.55. The smallest absolute Gasteiger partial charge is 0.0992 e. The number of hydrogen-bond acceptors (Lipinski definition) is 3. The second kappa shape index (κ2) is 8.60. The number of benzene rings is 2. The van der Waals surface area contributed by atoms with Gasteiger partial charge in [-0.25, -0.2) is 0 Å². The summed E-state index contributed by atoms with van der Waals surface area (Å²) in [5, 5.41) is 13.9. The average Bonchev–Trinajstić information content (AvgIpc) is 3.03. The highest BCUT2D eigenvalue weighted by Crippen LogP contribution is 2.23. The molecule has 0 radical (unpaired) electrons. The summed E-state index contributed by atoms with van der Waals surface area (Å²) in [6.45, 7) is 2.65. The van der Waals surface area contributed by atoms with Crippen LogP contribution in [0.2, 0.25) is 10.0 Å². The monoisotopic (exact) mass is 381 g/mol. The molecule has 1 aliphatic heterocycles. The van der Waals surface area contributed by atoms with Crippen molar-refractivity contribution >= 4 is 41.3 Å². The van der Waals surface area contributed by atoms with E-state index in [-0.39, 0.29) is 12.4 Å². The Bertz CT molecular complexity index is 743. The van der Waals surface area contributed by atoms with E-state index in [2.05, 4.69) is 22.4 Å². The van der Waals surface area contributed by atoms with E-state index in [1.807, 2.05) is 30.3 Å². The molecule has 1 saturated heterocycles. The number of hydrogen-bond donors (Lipinski definition) is 1. The van der Waals surface area contributed by atoms with E-state index in [1.165, 1.54) is 0 Å². The van der Waals surface area contributed by atoms with Crippen LogP contribution in [0.4, 0.5) is 5.69 Å². The molecule has 3 rings (SSSR count). The quantitative estimate of drug-likeness (QED) is 0.836. The zero-order chi connectivity index (χ0) is 16.2. The van der Waals surface area contributed by atoms with Crippen LogP contribution < -0.4 is 10.2 Å². The van der Waals surface area contributed by atoms with Gasteiger partial charge in [-0.2, -0.15) is 5.26 Å². The molecule has 1 atom stereocenters. The van der Waals surface area contributed by atoms with Gasteiger partial charge in [0.05, 0.1) is 11.6 Å². The van der Waals surface area contributed by atoms with Crippen LogP contribution in [0.3, 0.4) is 0 Å². The molecule has 1 N–H and O–H groups in total. The molecule has 3 nitrogen and oxygen atoms in total. The van der Waals surface area contributed by atoms with Crippen molar-refractivity contribution in [3.63, 3.8) is 0 Å². The van der Waals surface area contributed by atoms with Gasteiger partial charge in [0.15, 0.2) is 0 Å². The van der Waals surface area contributed by atoms with Gasteiger partial charge in [0.1, 0.15) is 0 Å². The van der Waals surface area contributed by atoms with E-state index in [9.17, 15) is 0 Å². The van der Waals surface area contributed by atoms with Gasteiger partial charge in [-0.15, -0.1) is 12.4 Å². The Labute approximate surface area is 158 Å². The van der Waals surface area contributed by atoms with Crippen LogP contribution in [0, 0.1) is 11.3 Å². The van der Waals surface area contributed by atoms with Gasteiger partial charge in [-0.05, 0) is 42.3 Å². The fourth-order valence-corrected chi connectivity index (χ4v) is 3.33. The summed E-state index contributed by atoms with van der Waals surface area (Å²) in [5.74, 6) is 0. The van der Waals surface area contributed by atoms with E-state index in [0.717, 1.165) is 37.3 Å². The number of rotatable bonds is 4. The first-order valence-corrected chi connectivity index (χ1v) is 8.34. The number of anilines is 1. The molecular formula is C18H18Cl3N3. The van der Waals surface area contributed by atoms with Crippen LogP contribution in [0.5, 0.6) is 0 Å². The van der Waals surface area contributed by atoms with Crippen molar-refractivity contribution in [2.45, 2.75) is 19.0 Å². The Morgan fingerprint density at radius 1 is 1.21 bits per heavy atom. The molecular weight excluding hydrogens is 365 g/mol. The Balaban J connectivity index is 0.00000208. The molecule has 0 saturated carbocycles. The molecule has 1 fully saturated rings. The zero-order valence-corrected chi connectivity index (χ0v) is 15.3. The molecule has 1 heterocycles. The van der Waals surface area contributed by atoms with Crippen LogP contribution >= 0.6 is 35.6 Å². The van der Waals surface area contributed by atoms with E-state index in [4.69, 9.17) is 28.5 Å². The Hall–Kier alpha value is -1.44. The first-order chi connectivity index (χ1) is 11.2. The van der Waals surface area contributed by atoms with Crippen molar-refractivity contribution in [2.75, 3.05) is 18.0 Å². The van der Waals surface area contributed by atoms with E-state index in [1.54, 1.807) is 6.07 Å². The maximum absolute atomic E-state index is 9.01. The maximum atomic E-state index is 9.01. The first kappa shape index (κ1) is 18.9. The molecule has 2 aromatic rings. The third-order valence-corrected chi connectivity index (χ3v) is 4.71. The van der Waals surface area contributed by atoms with Gasteiger partial charge >= 0.3 is 0 Å². The van der Waals surface area contributed by atoms with Crippen molar-refractivity contribution in [1.82, 2.24) is 5.32 Å². The largest absolute Gasteiger partial charge is 0.370 e. The summed E-state index contributed by atoms with van der Waals surface area (Å²) in [6.07, 6.45) is 1.07. The highest BCUT2D eigenvalue weighted by atomic mass is 35.5. The average molecular weight is 383 g/mol. The van der Waals surface area contributed by atoms with Crippen molar-refractivity contribution in [2.24, 2.45) is 0 Å². The number of nitrogens with one attached hydrogen (secondary N) is 1. The molecule has 6 heteroatoms. The molecule has 24 heavy (non-hydrogen) atoms. The molecule has 0 aliphatic carbocycles. The summed E-state index contributed by atoms with van der Waals surface area (Å²) in [7, 11) is 0. The fourth-order valence-electron chi connectivity index (χ4n) is 2.85. The van der Waals surface area contributed by atoms with E-state index >= 15 is 0 Å². The molecule has 0 bridgehead atoms. The predicted octanol–water partition coefficient (Wildman–Crippen LogP) is 4.66. The van der Waals surface area contributed by atoms with Gasteiger partial charge in [-0.1, -0.05) is 35.3 Å². The summed E-state index contributed by atoms with van der Waals surface area (Å²) in [6, 6.07) is 16.0. The maximum Gasteiger partial charge on any atom is 0.0992 e. The lowest BCUT2D eigenvalue weighted by atomic mass is 10.2. The summed E-state index contributed by atoms with van der Waals surface area (Å²) >= 11 is 12.1. The summed E-state index contributed by atoms with van der Waals surface area (Å²) < 4.78 is 0. The minimum atomic E-state index is 0. The SMILES string of the molecule is Cl.N#Cc1cccc(N2CC[C@H](NCc3ccc(Cl)cc3Cl)C2)c1. The van der Waals surface area contributed by atoms with Crippen molar-refractivity contribution in [1.29, 1.82) is 5.26 Å². The van der Waals surface area contributed by atoms with Crippen molar-refractivity contribution in [3.8, 4) is 6.07 Å². The van der Waals surface area contributed by atoms with Crippen LogP contribution in [0.15, 0.2) is 42.5 Å². The molecule has 1 aliphatic rings. The van der Waals surface area contributed by atoms with Crippen LogP contribution in [0.25, 0.3) is 0 Å². The van der Waals surface area contributed by atoms with Gasteiger partial charge in [0.25, 0.3) is 0 Å². The second-order valence-electron chi connectivity index (χ2n) is 5.71. The van der Waals surface area contributed by atoms with E-state index in [0.29, 0.717) is 21.7 Å². The Kier molecular flexibility index (Phi) is 6.77. The molecule has 0 aromatic heterocycles. The standard InChI is InChI=1S/C18H17Cl2N3.ClH/c19-15-5-4-14(18(20)9-15)11-22-16-6-7-23(12-16)17-3-1-2-13(8-17)10-21;/h1-5,8-9,16,22H,6-7,11-12H2;1H/t16-;/m0./s1. The Morgan fingerprint density at radius 2 is 2.04 bits per heavy atom. The van der Waals surface area contributed by atoms with Crippen molar-refractivity contribution in [3.05, 3.63) is 63.6 Å². The molecule has 2 aromatic carbocycles. The predicted molar refractivity (Wildman–Crippen MR) is 102 cm³/mol. The number of nitriles is 1. The lowest BCUT2D eigenvalue weighted by molar-refractivity contribution is 0.551. The minimum absolute atomic E-state index is 0. The van der Waals surface area contributed by atoms with Gasteiger partial charge in [-0.3, -0.25) is 0 Å². The summed E-state index contributed by atoms with van der Waals surface area (Å²) in [5.41, 5.74) is 2.87. The van der Waals surface area contributed by atoms with Crippen LogP contribution in [-0.2, 0) is 6.54 Å².